The highest BCUT2D eigenvalue weighted by atomic mass is 79.9. The molecular weight excluding hydrogens is 300 g/mol. The fraction of sp³-hybridized carbons (Fsp3) is 0.529. The number of rotatable bonds is 1. The highest BCUT2D eigenvalue weighted by Gasteiger charge is 2.45. The third kappa shape index (κ3) is 2.41. The zero-order valence-corrected chi connectivity index (χ0v) is 13.4. The van der Waals surface area contributed by atoms with E-state index in [9.17, 15) is 0 Å². The number of ether oxygens (including phenoxy) is 1. The molecule has 3 atom stereocenters. The van der Waals surface area contributed by atoms with Crippen LogP contribution in [0.3, 0.4) is 0 Å². The molecule has 1 nitrogen and oxygen atoms in total. The minimum absolute atomic E-state index is 0.0224. The van der Waals surface area contributed by atoms with Crippen molar-refractivity contribution in [3.8, 4) is 0 Å². The van der Waals surface area contributed by atoms with E-state index in [2.05, 4.69) is 67.0 Å². The minimum Gasteiger partial charge on any atom is -0.367 e. The molecule has 102 valence electrons. The Balaban J connectivity index is 1.97. The van der Waals surface area contributed by atoms with E-state index in [0.717, 1.165) is 4.47 Å². The van der Waals surface area contributed by atoms with Gasteiger partial charge in [-0.1, -0.05) is 39.7 Å². The summed E-state index contributed by atoms with van der Waals surface area (Å²) >= 11 is 3.50. The van der Waals surface area contributed by atoms with Crippen molar-refractivity contribution in [1.82, 2.24) is 0 Å². The Bertz CT molecular complexity index is 500. The molecule has 2 aliphatic rings. The summed E-state index contributed by atoms with van der Waals surface area (Å²) in [6.45, 7) is 6.75. The third-order valence-electron chi connectivity index (χ3n) is 4.83. The van der Waals surface area contributed by atoms with Gasteiger partial charge in [0.05, 0.1) is 11.7 Å². The molecule has 0 radical (unpaired) electrons. The molecule has 0 saturated carbocycles. The van der Waals surface area contributed by atoms with Crippen LogP contribution in [0.4, 0.5) is 0 Å². The molecule has 1 aliphatic heterocycles. The standard InChI is InChI=1S/C17H21BrO/c1-11-4-7-13-10-15(11)16(19-17(13,2)3)12-5-8-14(18)9-6-12/h4-6,8-9,13,15-16H,7,10H2,1-3H3/t13-,15-,16+/m1/s1. The second-order valence-corrected chi connectivity index (χ2v) is 7.33. The van der Waals surface area contributed by atoms with Crippen molar-refractivity contribution in [3.05, 3.63) is 46.0 Å². The largest absolute Gasteiger partial charge is 0.367 e. The van der Waals surface area contributed by atoms with Gasteiger partial charge in [0.2, 0.25) is 0 Å². The van der Waals surface area contributed by atoms with Crippen molar-refractivity contribution in [3.63, 3.8) is 0 Å². The lowest BCUT2D eigenvalue weighted by atomic mass is 9.69. The average molecular weight is 321 g/mol. The van der Waals surface area contributed by atoms with Crippen molar-refractivity contribution in [2.75, 3.05) is 0 Å². The van der Waals surface area contributed by atoms with Crippen LogP contribution in [0.25, 0.3) is 0 Å². The van der Waals surface area contributed by atoms with Crippen LogP contribution in [0.5, 0.6) is 0 Å². The Kier molecular flexibility index (Phi) is 3.34. The molecule has 0 unspecified atom stereocenters. The number of allylic oxidation sites excluding steroid dienone is 1. The summed E-state index contributed by atoms with van der Waals surface area (Å²) in [6.07, 6.45) is 5.06. The molecule has 0 spiro atoms. The lowest BCUT2D eigenvalue weighted by Gasteiger charge is -2.49. The fourth-order valence-electron chi connectivity index (χ4n) is 3.46. The number of fused-ring (bicyclic) bond motifs is 2. The van der Waals surface area contributed by atoms with Gasteiger partial charge >= 0.3 is 0 Å². The Hall–Kier alpha value is -0.600. The molecule has 1 saturated heterocycles. The first kappa shape index (κ1) is 13.4. The number of hydrogen-bond acceptors (Lipinski definition) is 1. The Morgan fingerprint density at radius 2 is 1.89 bits per heavy atom. The van der Waals surface area contributed by atoms with E-state index < -0.39 is 0 Å². The van der Waals surface area contributed by atoms with Gasteiger partial charge in [-0.3, -0.25) is 0 Å². The summed E-state index contributed by atoms with van der Waals surface area (Å²) in [6, 6.07) is 8.60. The minimum atomic E-state index is -0.0224. The summed E-state index contributed by atoms with van der Waals surface area (Å²) in [5, 5.41) is 0. The quantitative estimate of drug-likeness (QED) is 0.640. The zero-order valence-electron chi connectivity index (χ0n) is 11.8. The molecule has 0 amide bonds. The van der Waals surface area contributed by atoms with Crippen LogP contribution in [0.15, 0.2) is 40.4 Å². The van der Waals surface area contributed by atoms with Crippen molar-refractivity contribution in [1.29, 1.82) is 0 Å². The fourth-order valence-corrected chi connectivity index (χ4v) is 3.72. The average Bonchev–Trinajstić information content (AvgIpc) is 2.37. The van der Waals surface area contributed by atoms with Gasteiger partial charge in [-0.15, -0.1) is 0 Å². The van der Waals surface area contributed by atoms with Crippen molar-refractivity contribution in [2.24, 2.45) is 11.8 Å². The van der Waals surface area contributed by atoms with Gasteiger partial charge in [-0.2, -0.15) is 0 Å². The molecule has 0 aromatic heterocycles. The van der Waals surface area contributed by atoms with Crippen molar-refractivity contribution in [2.45, 2.75) is 45.3 Å². The van der Waals surface area contributed by atoms with E-state index >= 15 is 0 Å². The van der Waals surface area contributed by atoms with E-state index in [-0.39, 0.29) is 11.7 Å². The second-order valence-electron chi connectivity index (χ2n) is 6.42. The third-order valence-corrected chi connectivity index (χ3v) is 5.35. The van der Waals surface area contributed by atoms with Gasteiger partial charge < -0.3 is 4.74 Å². The number of benzene rings is 1. The summed E-state index contributed by atoms with van der Waals surface area (Å²) in [7, 11) is 0. The van der Waals surface area contributed by atoms with Crippen LogP contribution in [-0.2, 0) is 4.74 Å². The molecule has 2 bridgehead atoms. The van der Waals surface area contributed by atoms with Gasteiger partial charge in [0, 0.05) is 10.4 Å². The first-order valence-electron chi connectivity index (χ1n) is 7.07. The lowest BCUT2D eigenvalue weighted by molar-refractivity contribution is -0.166. The van der Waals surface area contributed by atoms with E-state index in [4.69, 9.17) is 4.74 Å². The van der Waals surface area contributed by atoms with E-state index in [1.807, 2.05) is 0 Å². The van der Waals surface area contributed by atoms with E-state index in [1.54, 1.807) is 0 Å². The molecule has 1 fully saturated rings. The Labute approximate surface area is 124 Å². The summed E-state index contributed by atoms with van der Waals surface area (Å²) < 4.78 is 7.61. The second kappa shape index (κ2) is 4.75. The molecular formula is C17H21BrO. The smallest absolute Gasteiger partial charge is 0.0897 e. The predicted molar refractivity (Wildman–Crippen MR) is 82.0 cm³/mol. The molecule has 0 N–H and O–H groups in total. The van der Waals surface area contributed by atoms with E-state index in [1.165, 1.54) is 24.0 Å². The van der Waals surface area contributed by atoms with Crippen LogP contribution < -0.4 is 0 Å². The Morgan fingerprint density at radius 3 is 2.58 bits per heavy atom. The summed E-state index contributed by atoms with van der Waals surface area (Å²) in [4.78, 5) is 0. The molecule has 1 aromatic rings. The van der Waals surface area contributed by atoms with Gasteiger partial charge in [-0.05, 0) is 57.2 Å². The molecule has 2 heteroatoms. The monoisotopic (exact) mass is 320 g/mol. The Morgan fingerprint density at radius 1 is 1.21 bits per heavy atom. The van der Waals surface area contributed by atoms with Crippen LogP contribution in [0, 0.1) is 11.8 Å². The predicted octanol–water partition coefficient (Wildman–Crippen LogP) is 5.27. The first-order valence-corrected chi connectivity index (χ1v) is 7.86. The van der Waals surface area contributed by atoms with Crippen LogP contribution in [0.2, 0.25) is 0 Å². The van der Waals surface area contributed by atoms with Crippen molar-refractivity contribution < 1.29 is 4.74 Å². The maximum absolute atomic E-state index is 6.48. The number of halogens is 1. The molecule has 1 aliphatic carbocycles. The van der Waals surface area contributed by atoms with Crippen LogP contribution in [0.1, 0.15) is 45.3 Å². The maximum Gasteiger partial charge on any atom is 0.0897 e. The molecule has 1 heterocycles. The van der Waals surface area contributed by atoms with Gasteiger partial charge in [0.15, 0.2) is 0 Å². The first-order chi connectivity index (χ1) is 8.97. The lowest BCUT2D eigenvalue weighted by Crippen LogP contribution is -2.45. The molecule has 19 heavy (non-hydrogen) atoms. The van der Waals surface area contributed by atoms with Gasteiger partial charge in [0.1, 0.15) is 0 Å². The van der Waals surface area contributed by atoms with Gasteiger partial charge in [0.25, 0.3) is 0 Å². The van der Waals surface area contributed by atoms with Crippen LogP contribution >= 0.6 is 15.9 Å². The van der Waals surface area contributed by atoms with E-state index in [0.29, 0.717) is 11.8 Å². The number of hydrogen-bond donors (Lipinski definition) is 0. The zero-order chi connectivity index (χ0) is 13.6. The summed E-state index contributed by atoms with van der Waals surface area (Å²) in [5.41, 5.74) is 2.78. The van der Waals surface area contributed by atoms with Crippen LogP contribution in [-0.4, -0.2) is 5.60 Å². The molecule has 3 rings (SSSR count). The highest BCUT2D eigenvalue weighted by Crippen LogP contribution is 2.50. The molecule has 1 aromatic carbocycles. The maximum atomic E-state index is 6.48. The van der Waals surface area contributed by atoms with Gasteiger partial charge in [-0.25, -0.2) is 0 Å². The summed E-state index contributed by atoms with van der Waals surface area (Å²) in [5.74, 6) is 1.21. The SMILES string of the molecule is CC1=CC[C@@H]2C[C@H]1[C@H](c1ccc(Br)cc1)OC2(C)C. The normalized spacial score (nSPS) is 32.8. The topological polar surface area (TPSA) is 9.23 Å². The highest BCUT2D eigenvalue weighted by molar-refractivity contribution is 9.10. The van der Waals surface area contributed by atoms with Crippen molar-refractivity contribution >= 4 is 15.9 Å².